The maximum Gasteiger partial charge on any atom is 0.251 e. The Morgan fingerprint density at radius 3 is 3.05 bits per heavy atom. The maximum absolute atomic E-state index is 12.2. The zero-order valence-electron chi connectivity index (χ0n) is 11.0. The normalized spacial score (nSPS) is 27.0. The summed E-state index contributed by atoms with van der Waals surface area (Å²) in [6.45, 7) is 2.37. The van der Waals surface area contributed by atoms with E-state index in [1.165, 1.54) is 19.4 Å². The van der Waals surface area contributed by atoms with Crippen LogP contribution in [0.1, 0.15) is 36.0 Å². The SMILES string of the molecule is O=C(NC1CCN2CCCC2C1)c1cccc(S)c1. The van der Waals surface area contributed by atoms with Crippen LogP contribution in [0.25, 0.3) is 0 Å². The van der Waals surface area contributed by atoms with Crippen LogP contribution in [-0.2, 0) is 0 Å². The molecule has 102 valence electrons. The molecule has 0 saturated carbocycles. The van der Waals surface area contributed by atoms with Crippen LogP contribution in [0.4, 0.5) is 0 Å². The largest absolute Gasteiger partial charge is 0.349 e. The Balaban J connectivity index is 1.61. The number of hydrogen-bond donors (Lipinski definition) is 2. The number of nitrogens with zero attached hydrogens (tertiary/aromatic N) is 1. The van der Waals surface area contributed by atoms with Gasteiger partial charge < -0.3 is 10.2 Å². The van der Waals surface area contributed by atoms with E-state index in [-0.39, 0.29) is 5.91 Å². The van der Waals surface area contributed by atoms with E-state index in [0.717, 1.165) is 24.3 Å². The van der Waals surface area contributed by atoms with Gasteiger partial charge in [-0.25, -0.2) is 0 Å². The van der Waals surface area contributed by atoms with E-state index in [2.05, 4.69) is 22.8 Å². The van der Waals surface area contributed by atoms with Gasteiger partial charge in [0.25, 0.3) is 5.91 Å². The number of carbonyl (C=O) groups excluding carboxylic acids is 1. The van der Waals surface area contributed by atoms with Crippen molar-refractivity contribution in [3.05, 3.63) is 29.8 Å². The van der Waals surface area contributed by atoms with Crippen molar-refractivity contribution in [2.75, 3.05) is 13.1 Å². The fourth-order valence-corrected chi connectivity index (χ4v) is 3.50. The zero-order valence-corrected chi connectivity index (χ0v) is 11.9. The molecule has 1 N–H and O–H groups in total. The highest BCUT2D eigenvalue weighted by Crippen LogP contribution is 2.27. The number of hydrogen-bond acceptors (Lipinski definition) is 3. The van der Waals surface area contributed by atoms with E-state index in [9.17, 15) is 4.79 Å². The average molecular weight is 276 g/mol. The molecule has 2 fully saturated rings. The summed E-state index contributed by atoms with van der Waals surface area (Å²) >= 11 is 4.28. The summed E-state index contributed by atoms with van der Waals surface area (Å²) in [4.78, 5) is 15.6. The van der Waals surface area contributed by atoms with Gasteiger partial charge in [0.15, 0.2) is 0 Å². The molecule has 2 aliphatic rings. The van der Waals surface area contributed by atoms with E-state index in [4.69, 9.17) is 0 Å². The van der Waals surface area contributed by atoms with Crippen molar-refractivity contribution >= 4 is 18.5 Å². The molecule has 0 aromatic heterocycles. The smallest absolute Gasteiger partial charge is 0.251 e. The molecule has 2 atom stereocenters. The Kier molecular flexibility index (Phi) is 3.80. The minimum atomic E-state index is 0.0346. The lowest BCUT2D eigenvalue weighted by Crippen LogP contribution is -2.47. The van der Waals surface area contributed by atoms with Gasteiger partial charge in [0.1, 0.15) is 0 Å². The molecule has 2 unspecified atom stereocenters. The van der Waals surface area contributed by atoms with Gasteiger partial charge in [-0.2, -0.15) is 0 Å². The number of nitrogens with one attached hydrogen (secondary N) is 1. The second kappa shape index (κ2) is 5.55. The minimum Gasteiger partial charge on any atom is -0.349 e. The highest BCUT2D eigenvalue weighted by Gasteiger charge is 2.32. The van der Waals surface area contributed by atoms with Crippen LogP contribution >= 0.6 is 12.6 Å². The van der Waals surface area contributed by atoms with E-state index in [1.54, 1.807) is 0 Å². The molecule has 1 amide bonds. The summed E-state index contributed by atoms with van der Waals surface area (Å²) in [5.74, 6) is 0.0346. The number of amides is 1. The number of thiol groups is 1. The van der Waals surface area contributed by atoms with Crippen molar-refractivity contribution in [1.29, 1.82) is 0 Å². The van der Waals surface area contributed by atoms with Gasteiger partial charge in [0.2, 0.25) is 0 Å². The fourth-order valence-electron chi connectivity index (χ4n) is 3.27. The molecule has 2 aliphatic heterocycles. The highest BCUT2D eigenvalue weighted by atomic mass is 32.1. The third-order valence-corrected chi connectivity index (χ3v) is 4.54. The topological polar surface area (TPSA) is 32.3 Å². The quantitative estimate of drug-likeness (QED) is 0.813. The van der Waals surface area contributed by atoms with Crippen LogP contribution in [0.3, 0.4) is 0 Å². The number of fused-ring (bicyclic) bond motifs is 1. The molecule has 0 bridgehead atoms. The predicted molar refractivity (Wildman–Crippen MR) is 78.8 cm³/mol. The number of rotatable bonds is 2. The summed E-state index contributed by atoms with van der Waals surface area (Å²) in [5, 5.41) is 3.18. The molecule has 3 rings (SSSR count). The Labute approximate surface area is 119 Å². The Hall–Kier alpha value is -1.00. The van der Waals surface area contributed by atoms with Crippen LogP contribution < -0.4 is 5.32 Å². The van der Waals surface area contributed by atoms with E-state index in [0.29, 0.717) is 17.6 Å². The number of carbonyl (C=O) groups is 1. The van der Waals surface area contributed by atoms with Crippen molar-refractivity contribution < 1.29 is 4.79 Å². The van der Waals surface area contributed by atoms with Gasteiger partial charge >= 0.3 is 0 Å². The molecule has 1 aromatic rings. The highest BCUT2D eigenvalue weighted by molar-refractivity contribution is 7.80. The third kappa shape index (κ3) is 2.95. The van der Waals surface area contributed by atoms with Crippen LogP contribution in [-0.4, -0.2) is 36.0 Å². The van der Waals surface area contributed by atoms with Crippen molar-refractivity contribution in [1.82, 2.24) is 10.2 Å². The average Bonchev–Trinajstić information content (AvgIpc) is 2.86. The Morgan fingerprint density at radius 2 is 2.21 bits per heavy atom. The van der Waals surface area contributed by atoms with Gasteiger partial charge in [0.05, 0.1) is 0 Å². The Bertz CT molecular complexity index is 477. The standard InChI is InChI=1S/C15H20N2OS/c18-15(11-3-1-5-14(19)9-11)16-12-6-8-17-7-2-4-13(17)10-12/h1,3,5,9,12-13,19H,2,4,6-8,10H2,(H,16,18). The summed E-state index contributed by atoms with van der Waals surface area (Å²) in [6.07, 6.45) is 4.78. The van der Waals surface area contributed by atoms with Crippen LogP contribution in [0, 0.1) is 0 Å². The van der Waals surface area contributed by atoms with Crippen LogP contribution in [0.2, 0.25) is 0 Å². The van der Waals surface area contributed by atoms with Crippen molar-refractivity contribution in [3.63, 3.8) is 0 Å². The number of benzene rings is 1. The van der Waals surface area contributed by atoms with Crippen molar-refractivity contribution in [3.8, 4) is 0 Å². The fraction of sp³-hybridized carbons (Fsp3) is 0.533. The first-order valence-electron chi connectivity index (χ1n) is 7.06. The Morgan fingerprint density at radius 1 is 1.32 bits per heavy atom. The molecular weight excluding hydrogens is 256 g/mol. The van der Waals surface area contributed by atoms with Gasteiger partial charge in [-0.3, -0.25) is 4.79 Å². The lowest BCUT2D eigenvalue weighted by Gasteiger charge is -2.35. The second-order valence-corrected chi connectivity index (χ2v) is 6.09. The minimum absolute atomic E-state index is 0.0346. The van der Waals surface area contributed by atoms with E-state index in [1.807, 2.05) is 24.3 Å². The van der Waals surface area contributed by atoms with Gasteiger partial charge in [-0.1, -0.05) is 6.07 Å². The maximum atomic E-state index is 12.2. The molecule has 2 heterocycles. The second-order valence-electron chi connectivity index (χ2n) is 5.58. The van der Waals surface area contributed by atoms with Gasteiger partial charge in [0, 0.05) is 29.1 Å². The summed E-state index contributed by atoms with van der Waals surface area (Å²) in [7, 11) is 0. The molecule has 0 spiro atoms. The van der Waals surface area contributed by atoms with Gasteiger partial charge in [-0.15, -0.1) is 12.6 Å². The monoisotopic (exact) mass is 276 g/mol. The molecular formula is C15H20N2OS. The summed E-state index contributed by atoms with van der Waals surface area (Å²) in [5.41, 5.74) is 0.710. The molecule has 1 aromatic carbocycles. The van der Waals surface area contributed by atoms with Crippen molar-refractivity contribution in [2.24, 2.45) is 0 Å². The van der Waals surface area contributed by atoms with E-state index >= 15 is 0 Å². The van der Waals surface area contributed by atoms with Crippen molar-refractivity contribution in [2.45, 2.75) is 42.7 Å². The predicted octanol–water partition coefficient (Wildman–Crippen LogP) is 2.33. The molecule has 19 heavy (non-hydrogen) atoms. The van der Waals surface area contributed by atoms with E-state index < -0.39 is 0 Å². The molecule has 3 nitrogen and oxygen atoms in total. The lowest BCUT2D eigenvalue weighted by molar-refractivity contribution is 0.0896. The lowest BCUT2D eigenvalue weighted by atomic mass is 9.97. The molecule has 0 radical (unpaired) electrons. The summed E-state index contributed by atoms with van der Waals surface area (Å²) < 4.78 is 0. The summed E-state index contributed by atoms with van der Waals surface area (Å²) in [6, 6.07) is 8.45. The molecule has 0 aliphatic carbocycles. The first-order valence-corrected chi connectivity index (χ1v) is 7.51. The van der Waals surface area contributed by atoms with Crippen LogP contribution in [0.15, 0.2) is 29.2 Å². The number of piperidine rings is 1. The first-order chi connectivity index (χ1) is 9.22. The molecule has 4 heteroatoms. The molecule has 2 saturated heterocycles. The van der Waals surface area contributed by atoms with Crippen LogP contribution in [0.5, 0.6) is 0 Å². The third-order valence-electron chi connectivity index (χ3n) is 4.26. The zero-order chi connectivity index (χ0) is 13.2. The first kappa shape index (κ1) is 13.0. The van der Waals surface area contributed by atoms with Gasteiger partial charge in [-0.05, 0) is 50.4 Å².